The maximum absolute atomic E-state index is 6.70. The van der Waals surface area contributed by atoms with Crippen LogP contribution in [0.2, 0.25) is 10.0 Å². The number of hydrogen-bond donors (Lipinski definition) is 0. The first-order valence-electron chi connectivity index (χ1n) is 14.1. The SMILES string of the molecule is Cn1ccc(Cn2cc3c(Cl)c(B4OC(C)(C)C(C)(C)O4)ccc3n2)n1.Cn1ccc(Cn2cc3c(Cl)c(Br)ccc3n2)n1. The van der Waals surface area contributed by atoms with Gasteiger partial charge < -0.3 is 9.31 Å². The number of benzene rings is 2. The molecule has 10 nitrogen and oxygen atoms in total. The summed E-state index contributed by atoms with van der Waals surface area (Å²) in [5.74, 6) is 0. The maximum atomic E-state index is 6.70. The highest BCUT2D eigenvalue weighted by Gasteiger charge is 2.52. The van der Waals surface area contributed by atoms with Gasteiger partial charge in [0.2, 0.25) is 0 Å². The first kappa shape index (κ1) is 30.9. The fraction of sp³-hybridized carbons (Fsp3) is 0.333. The summed E-state index contributed by atoms with van der Waals surface area (Å²) >= 11 is 16.3. The second-order valence-corrected chi connectivity index (χ2v) is 13.5. The number of aryl methyl sites for hydroxylation is 2. The number of fused-ring (bicyclic) bond motifs is 2. The molecule has 228 valence electrons. The zero-order valence-electron chi connectivity index (χ0n) is 25.3. The first-order valence-corrected chi connectivity index (χ1v) is 15.6. The minimum atomic E-state index is -0.490. The van der Waals surface area contributed by atoms with Crippen molar-refractivity contribution in [3.63, 3.8) is 0 Å². The molecule has 0 amide bonds. The van der Waals surface area contributed by atoms with Gasteiger partial charge >= 0.3 is 7.12 Å². The Hall–Kier alpha value is -3.16. The van der Waals surface area contributed by atoms with Crippen LogP contribution in [0.1, 0.15) is 39.1 Å². The summed E-state index contributed by atoms with van der Waals surface area (Å²) < 4.78 is 20.4. The minimum absolute atomic E-state index is 0.404. The van der Waals surface area contributed by atoms with Crippen LogP contribution in [0, 0.1) is 0 Å². The van der Waals surface area contributed by atoms with Gasteiger partial charge in [0, 0.05) is 59.6 Å². The lowest BCUT2D eigenvalue weighted by Gasteiger charge is -2.32. The van der Waals surface area contributed by atoms with E-state index in [1.54, 1.807) is 9.36 Å². The molecular weight excluding hydrogens is 666 g/mol. The topological polar surface area (TPSA) is 89.7 Å². The molecule has 44 heavy (non-hydrogen) atoms. The molecular formula is C30H32BBrCl2N8O2. The van der Waals surface area contributed by atoms with Crippen molar-refractivity contribution in [2.45, 2.75) is 52.0 Å². The summed E-state index contributed by atoms with van der Waals surface area (Å²) in [6.07, 6.45) is 7.72. The first-order chi connectivity index (χ1) is 20.8. The molecule has 0 bridgehead atoms. The number of hydrogen-bond acceptors (Lipinski definition) is 6. The summed E-state index contributed by atoms with van der Waals surface area (Å²) in [6, 6.07) is 11.7. The van der Waals surface area contributed by atoms with Gasteiger partial charge in [-0.05, 0) is 74.0 Å². The lowest BCUT2D eigenvalue weighted by Crippen LogP contribution is -2.41. The molecule has 7 rings (SSSR count). The Labute approximate surface area is 274 Å². The normalized spacial score (nSPS) is 15.7. The van der Waals surface area contributed by atoms with Gasteiger partial charge in [0.25, 0.3) is 0 Å². The minimum Gasteiger partial charge on any atom is -0.399 e. The van der Waals surface area contributed by atoms with Crippen molar-refractivity contribution in [2.75, 3.05) is 0 Å². The molecule has 2 aromatic carbocycles. The second-order valence-electron chi connectivity index (χ2n) is 11.9. The third-order valence-corrected chi connectivity index (χ3v) is 9.74. The average molecular weight is 698 g/mol. The van der Waals surface area contributed by atoms with E-state index in [9.17, 15) is 0 Å². The van der Waals surface area contributed by atoms with Gasteiger partial charge in [-0.15, -0.1) is 0 Å². The predicted molar refractivity (Wildman–Crippen MR) is 178 cm³/mol. The highest BCUT2D eigenvalue weighted by Crippen LogP contribution is 2.37. The summed E-state index contributed by atoms with van der Waals surface area (Å²) in [7, 11) is 3.31. The third-order valence-electron chi connectivity index (χ3n) is 8.02. The Morgan fingerprint density at radius 3 is 1.66 bits per heavy atom. The standard InChI is InChI=1S/C18H22BClN4O2.C12H10BrClN4/c1-17(2)18(3,4)26-19(25-17)14-6-7-15-13(16(14)20)11-24(22-15)10-12-8-9-23(5)21-12;1-17-5-4-8(15-17)6-18-7-9-11(16-18)3-2-10(13)12(9)14/h6-9,11H,10H2,1-5H3;2-5,7H,6H2,1H3. The van der Waals surface area contributed by atoms with Crippen LogP contribution >= 0.6 is 39.1 Å². The second kappa shape index (κ2) is 11.6. The summed E-state index contributed by atoms with van der Waals surface area (Å²) in [4.78, 5) is 0. The molecule has 14 heteroatoms. The molecule has 1 saturated heterocycles. The molecule has 1 fully saturated rings. The zero-order valence-corrected chi connectivity index (χ0v) is 28.4. The van der Waals surface area contributed by atoms with Crippen LogP contribution in [0.15, 0.2) is 65.7 Å². The van der Waals surface area contributed by atoms with E-state index in [1.165, 1.54) is 0 Å². The molecule has 0 aliphatic carbocycles. The Kier molecular flexibility index (Phi) is 8.17. The fourth-order valence-corrected chi connectivity index (χ4v) is 5.80. The summed E-state index contributed by atoms with van der Waals surface area (Å²) in [5.41, 5.74) is 3.67. The number of nitrogens with zero attached hydrogens (tertiary/aromatic N) is 8. The third kappa shape index (κ3) is 6.06. The number of aromatic nitrogens is 8. The van der Waals surface area contributed by atoms with Crippen molar-refractivity contribution in [3.8, 4) is 0 Å². The van der Waals surface area contributed by atoms with Crippen LogP contribution in [0.5, 0.6) is 0 Å². The van der Waals surface area contributed by atoms with Crippen molar-refractivity contribution >= 4 is 73.5 Å². The largest absolute Gasteiger partial charge is 0.496 e. The van der Waals surface area contributed by atoms with Crippen LogP contribution in [0.4, 0.5) is 0 Å². The van der Waals surface area contributed by atoms with Crippen LogP contribution in [0.25, 0.3) is 21.8 Å². The van der Waals surface area contributed by atoms with Gasteiger partial charge in [0.15, 0.2) is 0 Å². The van der Waals surface area contributed by atoms with E-state index < -0.39 is 18.3 Å². The molecule has 0 atom stereocenters. The van der Waals surface area contributed by atoms with Crippen molar-refractivity contribution in [1.82, 2.24) is 39.1 Å². The Bertz CT molecular complexity index is 1960. The highest BCUT2D eigenvalue weighted by molar-refractivity contribution is 9.10. The van der Waals surface area contributed by atoms with Crippen molar-refractivity contribution < 1.29 is 9.31 Å². The fourth-order valence-electron chi connectivity index (χ4n) is 4.95. The van der Waals surface area contributed by atoms with E-state index >= 15 is 0 Å². The Balaban J connectivity index is 0.000000167. The molecule has 0 N–H and O–H groups in total. The van der Waals surface area contributed by atoms with Gasteiger partial charge in [-0.2, -0.15) is 20.4 Å². The van der Waals surface area contributed by atoms with Crippen molar-refractivity contribution in [1.29, 1.82) is 0 Å². The quantitative estimate of drug-likeness (QED) is 0.205. The van der Waals surface area contributed by atoms with E-state index in [2.05, 4.69) is 36.3 Å². The molecule has 0 unspecified atom stereocenters. The average Bonchev–Trinajstić information content (AvgIpc) is 3.76. The number of halogens is 3. The molecule has 4 aromatic heterocycles. The van der Waals surface area contributed by atoms with Crippen molar-refractivity contribution in [2.24, 2.45) is 14.1 Å². The summed E-state index contributed by atoms with van der Waals surface area (Å²) in [5, 5.41) is 21.0. The molecule has 5 heterocycles. The molecule has 1 aliphatic heterocycles. The Morgan fingerprint density at radius 2 is 1.18 bits per heavy atom. The van der Waals surface area contributed by atoms with Gasteiger partial charge in [-0.25, -0.2) is 0 Å². The molecule has 0 radical (unpaired) electrons. The van der Waals surface area contributed by atoms with E-state index in [4.69, 9.17) is 32.5 Å². The zero-order chi connectivity index (χ0) is 31.4. The molecule has 0 spiro atoms. The van der Waals surface area contributed by atoms with Crippen LogP contribution in [-0.2, 0) is 36.5 Å². The van der Waals surface area contributed by atoms with Crippen LogP contribution < -0.4 is 5.46 Å². The molecule has 1 aliphatic rings. The van der Waals surface area contributed by atoms with E-state index in [1.807, 2.05) is 112 Å². The van der Waals surface area contributed by atoms with Gasteiger partial charge in [-0.1, -0.05) is 29.3 Å². The van der Waals surface area contributed by atoms with Crippen LogP contribution in [0.3, 0.4) is 0 Å². The summed E-state index contributed by atoms with van der Waals surface area (Å²) in [6.45, 7) is 9.37. The van der Waals surface area contributed by atoms with Gasteiger partial charge in [0.05, 0.1) is 56.8 Å². The van der Waals surface area contributed by atoms with E-state index in [0.717, 1.165) is 43.1 Å². The smallest absolute Gasteiger partial charge is 0.399 e. The molecule has 6 aromatic rings. The molecule has 0 saturated carbocycles. The monoisotopic (exact) mass is 696 g/mol. The Morgan fingerprint density at radius 1 is 0.705 bits per heavy atom. The lowest BCUT2D eigenvalue weighted by atomic mass is 9.78. The van der Waals surface area contributed by atoms with Gasteiger partial charge in [0.1, 0.15) is 0 Å². The van der Waals surface area contributed by atoms with Crippen molar-refractivity contribution in [3.05, 3.63) is 87.1 Å². The van der Waals surface area contributed by atoms with E-state index in [-0.39, 0.29) is 0 Å². The number of rotatable bonds is 5. The maximum Gasteiger partial charge on any atom is 0.496 e. The lowest BCUT2D eigenvalue weighted by molar-refractivity contribution is 0.00578. The van der Waals surface area contributed by atoms with E-state index in [0.29, 0.717) is 23.1 Å². The van der Waals surface area contributed by atoms with Gasteiger partial charge in [-0.3, -0.25) is 18.7 Å². The predicted octanol–water partition coefficient (Wildman–Crippen LogP) is 6.00. The van der Waals surface area contributed by atoms with Crippen LogP contribution in [-0.4, -0.2) is 57.4 Å². The highest BCUT2D eigenvalue weighted by atomic mass is 79.9.